The topological polar surface area (TPSA) is 175 Å². The van der Waals surface area contributed by atoms with E-state index in [9.17, 15) is 24.0 Å². The second kappa shape index (κ2) is 15.9. The normalized spacial score (nSPS) is 18.9. The lowest BCUT2D eigenvalue weighted by Gasteiger charge is -2.28. The fourth-order valence-corrected chi connectivity index (χ4v) is 6.56. The van der Waals surface area contributed by atoms with Gasteiger partial charge in [0.05, 0.1) is 38.2 Å². The summed E-state index contributed by atoms with van der Waals surface area (Å²) in [5.74, 6) is -0.0315. The summed E-state index contributed by atoms with van der Waals surface area (Å²) >= 11 is 0. The van der Waals surface area contributed by atoms with Crippen LogP contribution >= 0.6 is 0 Å². The Balaban J connectivity index is 1.18. The van der Waals surface area contributed by atoms with Crippen LogP contribution in [0.15, 0.2) is 54.7 Å². The van der Waals surface area contributed by atoms with Crippen LogP contribution < -0.4 is 16.0 Å². The number of H-pyrrole nitrogens is 1. The minimum Gasteiger partial charge on any atom is -0.453 e. The van der Waals surface area contributed by atoms with Crippen molar-refractivity contribution in [2.45, 2.75) is 76.7 Å². The first-order chi connectivity index (χ1) is 24.0. The van der Waals surface area contributed by atoms with E-state index in [4.69, 9.17) is 0 Å². The number of alkyl carbamates (subject to hydrolysis) is 2. The van der Waals surface area contributed by atoms with Crippen LogP contribution in [0.1, 0.15) is 69.9 Å². The van der Waals surface area contributed by atoms with Gasteiger partial charge in [0.2, 0.25) is 17.7 Å². The number of amides is 5. The molecular formula is C36H45N7O7. The summed E-state index contributed by atoms with van der Waals surface area (Å²) < 4.78 is 9.21. The van der Waals surface area contributed by atoms with E-state index in [0.29, 0.717) is 31.8 Å². The smallest absolute Gasteiger partial charge is 0.407 e. The van der Waals surface area contributed by atoms with Crippen molar-refractivity contribution in [3.8, 4) is 22.4 Å². The van der Waals surface area contributed by atoms with E-state index in [0.717, 1.165) is 40.8 Å². The molecule has 2 aliphatic rings. The van der Waals surface area contributed by atoms with Crippen molar-refractivity contribution in [3.63, 3.8) is 0 Å². The number of likely N-dealkylation sites (tertiary alicyclic amines) is 2. The van der Waals surface area contributed by atoms with Crippen molar-refractivity contribution in [3.05, 3.63) is 66.1 Å². The molecule has 5 rings (SSSR count). The van der Waals surface area contributed by atoms with Crippen LogP contribution in [-0.2, 0) is 23.9 Å². The third-order valence-corrected chi connectivity index (χ3v) is 9.36. The fourth-order valence-electron chi connectivity index (χ4n) is 6.56. The monoisotopic (exact) mass is 687 g/mol. The second-order valence-corrected chi connectivity index (χ2v) is 12.7. The molecule has 0 radical (unpaired) electrons. The van der Waals surface area contributed by atoms with E-state index in [1.165, 1.54) is 19.1 Å². The first-order valence-electron chi connectivity index (χ1n) is 16.9. The molecule has 0 saturated carbocycles. The number of aromatic nitrogens is 2. The number of carbonyl (C=O) groups excluding carboxylic acids is 5. The van der Waals surface area contributed by atoms with E-state index in [1.807, 2.05) is 55.5 Å². The van der Waals surface area contributed by atoms with Gasteiger partial charge >= 0.3 is 12.2 Å². The molecule has 14 nitrogen and oxygen atoms in total. The number of nitrogens with one attached hydrogen (secondary N) is 4. The van der Waals surface area contributed by atoms with Crippen molar-refractivity contribution in [1.82, 2.24) is 35.7 Å². The first kappa shape index (κ1) is 35.9. The van der Waals surface area contributed by atoms with Crippen LogP contribution in [0.3, 0.4) is 0 Å². The summed E-state index contributed by atoms with van der Waals surface area (Å²) in [7, 11) is 2.49. The Hall–Kier alpha value is -5.40. The van der Waals surface area contributed by atoms with Gasteiger partial charge in [-0.25, -0.2) is 14.6 Å². The Morgan fingerprint density at radius 1 is 0.740 bits per heavy atom. The van der Waals surface area contributed by atoms with Gasteiger partial charge < -0.3 is 40.2 Å². The maximum atomic E-state index is 13.2. The van der Waals surface area contributed by atoms with Gasteiger partial charge in [0.1, 0.15) is 23.9 Å². The predicted molar refractivity (Wildman–Crippen MR) is 184 cm³/mol. The predicted octanol–water partition coefficient (Wildman–Crippen LogP) is 4.06. The van der Waals surface area contributed by atoms with Crippen LogP contribution in [0.4, 0.5) is 9.59 Å². The fraction of sp³-hybridized carbons (Fsp3) is 0.444. The Kier molecular flexibility index (Phi) is 11.4. The Morgan fingerprint density at radius 2 is 1.26 bits per heavy atom. The molecule has 4 N–H and O–H groups in total. The van der Waals surface area contributed by atoms with Gasteiger partial charge in [0, 0.05) is 13.1 Å². The highest BCUT2D eigenvalue weighted by molar-refractivity contribution is 5.92. The van der Waals surface area contributed by atoms with Crippen LogP contribution in [0.2, 0.25) is 0 Å². The Labute approximate surface area is 291 Å². The van der Waals surface area contributed by atoms with Crippen LogP contribution in [0.25, 0.3) is 22.4 Å². The van der Waals surface area contributed by atoms with Gasteiger partial charge in [-0.05, 0) is 68.7 Å². The summed E-state index contributed by atoms with van der Waals surface area (Å²) in [5.41, 5.74) is 4.75. The average Bonchev–Trinajstić information content (AvgIpc) is 3.92. The number of ether oxygens (including phenoxy) is 2. The molecule has 2 saturated heterocycles. The molecule has 2 fully saturated rings. The van der Waals surface area contributed by atoms with Crippen molar-refractivity contribution in [1.29, 1.82) is 0 Å². The number of rotatable bonds is 10. The summed E-state index contributed by atoms with van der Waals surface area (Å²) in [5, 5.41) is 8.07. The van der Waals surface area contributed by atoms with Crippen LogP contribution in [0.5, 0.6) is 0 Å². The lowest BCUT2D eigenvalue weighted by molar-refractivity contribution is -0.139. The maximum Gasteiger partial charge on any atom is 0.407 e. The zero-order chi connectivity index (χ0) is 35.9. The highest BCUT2D eigenvalue weighted by Crippen LogP contribution is 2.33. The number of methoxy groups -OCH3 is 2. The number of aromatic amines is 1. The Morgan fingerprint density at radius 3 is 1.86 bits per heavy atom. The molecule has 0 unspecified atom stereocenters. The highest BCUT2D eigenvalue weighted by atomic mass is 16.5. The number of hydrogen-bond acceptors (Lipinski definition) is 8. The zero-order valence-corrected chi connectivity index (χ0v) is 29.0. The standard InChI is InChI=1S/C36H45N7O7/c1-21(38-32(44)30-9-7-19-43(30)34(46)23(3)40-36(48)50-5)24-10-12-25(13-11-24)26-14-16-27(17-15-26)28-20-37-31(41-28)29-8-6-18-42(29)33(45)22(2)39-35(47)49-4/h10-17,20-23,29-30H,6-9,18-19H2,1-5H3,(H,37,41)(H,38,44)(H,39,47)(H,40,48)/t21-,22-,23-,29-,30-/m0/s1. The molecule has 266 valence electrons. The summed E-state index contributed by atoms with van der Waals surface area (Å²) in [6.07, 6.45) is 3.30. The molecule has 14 heteroatoms. The number of imidazole rings is 1. The van der Waals surface area contributed by atoms with E-state index >= 15 is 0 Å². The van der Waals surface area contributed by atoms with E-state index in [1.54, 1.807) is 24.9 Å². The van der Waals surface area contributed by atoms with Gasteiger partial charge in [-0.15, -0.1) is 0 Å². The van der Waals surface area contributed by atoms with Crippen molar-refractivity contribution in [2.24, 2.45) is 0 Å². The van der Waals surface area contributed by atoms with Crippen LogP contribution in [-0.4, -0.2) is 95.1 Å². The summed E-state index contributed by atoms with van der Waals surface area (Å²) in [6, 6.07) is 13.5. The van der Waals surface area contributed by atoms with E-state index in [-0.39, 0.29) is 29.8 Å². The third kappa shape index (κ3) is 8.07. The van der Waals surface area contributed by atoms with Gasteiger partial charge in [-0.3, -0.25) is 14.4 Å². The van der Waals surface area contributed by atoms with Gasteiger partial charge in [0.15, 0.2) is 0 Å². The summed E-state index contributed by atoms with van der Waals surface area (Å²) in [6.45, 7) is 6.16. The number of benzene rings is 2. The molecule has 0 bridgehead atoms. The quantitative estimate of drug-likeness (QED) is 0.247. The maximum absolute atomic E-state index is 13.2. The molecule has 3 heterocycles. The molecule has 5 amide bonds. The van der Waals surface area contributed by atoms with E-state index < -0.39 is 30.3 Å². The molecule has 2 aromatic carbocycles. The zero-order valence-electron chi connectivity index (χ0n) is 29.0. The van der Waals surface area contributed by atoms with Crippen molar-refractivity contribution < 1.29 is 33.4 Å². The SMILES string of the molecule is COC(=O)N[C@@H](C)C(=O)N1CCC[C@H]1C(=O)N[C@@H](C)c1ccc(-c2ccc(-c3cnc([C@@H]4CCCN4C(=O)[C@H](C)NC(=O)OC)[nH]3)cc2)cc1. The first-order valence-corrected chi connectivity index (χ1v) is 16.9. The third-order valence-electron chi connectivity index (χ3n) is 9.36. The molecule has 5 atom stereocenters. The molecule has 2 aliphatic heterocycles. The minimum atomic E-state index is -0.806. The molecule has 1 aromatic heterocycles. The number of nitrogens with zero attached hydrogens (tertiary/aromatic N) is 3. The highest BCUT2D eigenvalue weighted by Gasteiger charge is 2.37. The largest absolute Gasteiger partial charge is 0.453 e. The van der Waals surface area contributed by atoms with Gasteiger partial charge in [0.25, 0.3) is 0 Å². The molecule has 50 heavy (non-hydrogen) atoms. The van der Waals surface area contributed by atoms with E-state index in [2.05, 4.69) is 35.4 Å². The average molecular weight is 688 g/mol. The van der Waals surface area contributed by atoms with Gasteiger partial charge in [-0.1, -0.05) is 48.5 Å². The van der Waals surface area contributed by atoms with Crippen LogP contribution in [0, 0.1) is 0 Å². The molecule has 0 spiro atoms. The van der Waals surface area contributed by atoms with Crippen molar-refractivity contribution >= 4 is 29.9 Å². The number of hydrogen-bond donors (Lipinski definition) is 4. The molecule has 0 aliphatic carbocycles. The van der Waals surface area contributed by atoms with Gasteiger partial charge in [-0.2, -0.15) is 0 Å². The molecule has 3 aromatic rings. The second-order valence-electron chi connectivity index (χ2n) is 12.7. The lowest BCUT2D eigenvalue weighted by Crippen LogP contribution is -2.52. The van der Waals surface area contributed by atoms with Crippen molar-refractivity contribution in [2.75, 3.05) is 27.3 Å². The molecular weight excluding hydrogens is 642 g/mol. The lowest BCUT2D eigenvalue weighted by atomic mass is 9.99. The summed E-state index contributed by atoms with van der Waals surface area (Å²) in [4.78, 5) is 73.6. The number of carbonyl (C=O) groups is 5. The Bertz CT molecular complexity index is 1690. The minimum absolute atomic E-state index is 0.184.